The molecule has 1 N–H and O–H groups in total. The third-order valence-corrected chi connectivity index (χ3v) is 5.25. The molecule has 0 radical (unpaired) electrons. The van der Waals surface area contributed by atoms with Crippen molar-refractivity contribution in [3.8, 4) is 0 Å². The third-order valence-electron chi connectivity index (χ3n) is 5.25. The number of benzene rings is 2. The SMILES string of the molecule is O=C(COC(=O)C1(c2ccccc2F)CCCC1)NCCc1ccccc1F. The van der Waals surface area contributed by atoms with Crippen LogP contribution in [0.15, 0.2) is 48.5 Å². The molecule has 148 valence electrons. The van der Waals surface area contributed by atoms with Crippen molar-refractivity contribution in [2.75, 3.05) is 13.2 Å². The molecule has 6 heteroatoms. The van der Waals surface area contributed by atoms with Crippen LogP contribution in [0.5, 0.6) is 0 Å². The fourth-order valence-corrected chi connectivity index (χ4v) is 3.77. The van der Waals surface area contributed by atoms with E-state index in [1.54, 1.807) is 36.4 Å². The van der Waals surface area contributed by atoms with Crippen molar-refractivity contribution in [1.82, 2.24) is 5.32 Å². The average Bonchev–Trinajstić information content (AvgIpc) is 3.19. The number of esters is 1. The Morgan fingerprint density at radius 3 is 2.29 bits per heavy atom. The molecule has 0 unspecified atom stereocenters. The molecule has 1 amide bonds. The minimum absolute atomic E-state index is 0.232. The van der Waals surface area contributed by atoms with Crippen molar-refractivity contribution < 1.29 is 23.1 Å². The van der Waals surface area contributed by atoms with E-state index in [9.17, 15) is 18.4 Å². The molecule has 0 saturated heterocycles. The van der Waals surface area contributed by atoms with E-state index in [-0.39, 0.29) is 12.4 Å². The van der Waals surface area contributed by atoms with Gasteiger partial charge in [0.15, 0.2) is 6.61 Å². The number of hydrogen-bond acceptors (Lipinski definition) is 3. The molecule has 3 rings (SSSR count). The Labute approximate surface area is 162 Å². The van der Waals surface area contributed by atoms with Gasteiger partial charge in [-0.2, -0.15) is 0 Å². The number of nitrogens with one attached hydrogen (secondary N) is 1. The summed E-state index contributed by atoms with van der Waals surface area (Å²) in [6, 6.07) is 12.6. The van der Waals surface area contributed by atoms with Gasteiger partial charge in [0.2, 0.25) is 0 Å². The summed E-state index contributed by atoms with van der Waals surface area (Å²) in [5, 5.41) is 2.61. The van der Waals surface area contributed by atoms with Crippen LogP contribution in [-0.4, -0.2) is 25.0 Å². The Hall–Kier alpha value is -2.76. The van der Waals surface area contributed by atoms with Gasteiger partial charge in [-0.05, 0) is 37.0 Å². The molecule has 0 heterocycles. The number of carbonyl (C=O) groups is 2. The van der Waals surface area contributed by atoms with Crippen LogP contribution in [-0.2, 0) is 26.2 Å². The molecule has 1 saturated carbocycles. The number of hydrogen-bond donors (Lipinski definition) is 1. The van der Waals surface area contributed by atoms with E-state index in [0.29, 0.717) is 30.4 Å². The van der Waals surface area contributed by atoms with Gasteiger partial charge in [-0.15, -0.1) is 0 Å². The molecule has 0 spiro atoms. The van der Waals surface area contributed by atoms with Gasteiger partial charge in [-0.1, -0.05) is 49.2 Å². The second kappa shape index (κ2) is 8.95. The summed E-state index contributed by atoms with van der Waals surface area (Å²) in [7, 11) is 0. The molecule has 2 aromatic rings. The van der Waals surface area contributed by atoms with E-state index in [4.69, 9.17) is 4.74 Å². The monoisotopic (exact) mass is 387 g/mol. The molecule has 0 aliphatic heterocycles. The number of halogens is 2. The quantitative estimate of drug-likeness (QED) is 0.738. The zero-order valence-electron chi connectivity index (χ0n) is 15.5. The van der Waals surface area contributed by atoms with Crippen molar-refractivity contribution in [3.63, 3.8) is 0 Å². The lowest BCUT2D eigenvalue weighted by molar-refractivity contribution is -0.154. The lowest BCUT2D eigenvalue weighted by Crippen LogP contribution is -2.38. The molecular formula is C22H23F2NO3. The van der Waals surface area contributed by atoms with Crippen LogP contribution in [0.1, 0.15) is 36.8 Å². The summed E-state index contributed by atoms with van der Waals surface area (Å²) < 4.78 is 33.1. The van der Waals surface area contributed by atoms with Crippen molar-refractivity contribution >= 4 is 11.9 Å². The van der Waals surface area contributed by atoms with Gasteiger partial charge in [-0.25, -0.2) is 8.78 Å². The van der Waals surface area contributed by atoms with Crippen LogP contribution in [0.3, 0.4) is 0 Å². The highest BCUT2D eigenvalue weighted by Crippen LogP contribution is 2.43. The lowest BCUT2D eigenvalue weighted by atomic mass is 9.78. The fourth-order valence-electron chi connectivity index (χ4n) is 3.77. The topological polar surface area (TPSA) is 55.4 Å². The van der Waals surface area contributed by atoms with Crippen LogP contribution in [0.4, 0.5) is 8.78 Å². The number of carbonyl (C=O) groups excluding carboxylic acids is 2. The molecule has 0 bridgehead atoms. The number of ether oxygens (including phenoxy) is 1. The molecule has 1 aliphatic rings. The van der Waals surface area contributed by atoms with Gasteiger partial charge in [-0.3, -0.25) is 9.59 Å². The standard InChI is InChI=1S/C22H23F2NO3/c23-18-9-3-1-7-16(18)11-14-25-20(26)15-28-21(27)22(12-5-6-13-22)17-8-2-4-10-19(17)24/h1-4,7-10H,5-6,11-15H2,(H,25,26). The Balaban J connectivity index is 1.54. The summed E-state index contributed by atoms with van der Waals surface area (Å²) in [5.74, 6) is -1.79. The van der Waals surface area contributed by atoms with Crippen LogP contribution in [0.25, 0.3) is 0 Å². The van der Waals surface area contributed by atoms with Crippen molar-refractivity contribution in [2.24, 2.45) is 0 Å². The predicted molar refractivity (Wildman–Crippen MR) is 101 cm³/mol. The van der Waals surface area contributed by atoms with Gasteiger partial charge in [0.25, 0.3) is 5.91 Å². The molecule has 1 aliphatic carbocycles. The van der Waals surface area contributed by atoms with Gasteiger partial charge >= 0.3 is 5.97 Å². The number of amides is 1. The fraction of sp³-hybridized carbons (Fsp3) is 0.364. The molecule has 1 fully saturated rings. The van der Waals surface area contributed by atoms with Gasteiger partial charge in [0.1, 0.15) is 11.6 Å². The first-order valence-electron chi connectivity index (χ1n) is 9.45. The van der Waals surface area contributed by atoms with Crippen molar-refractivity contribution in [1.29, 1.82) is 0 Å². The van der Waals surface area contributed by atoms with E-state index in [0.717, 1.165) is 12.8 Å². The van der Waals surface area contributed by atoms with Crippen LogP contribution >= 0.6 is 0 Å². The molecule has 4 nitrogen and oxygen atoms in total. The Bertz CT molecular complexity index is 847. The second-order valence-electron chi connectivity index (χ2n) is 7.04. The lowest BCUT2D eigenvalue weighted by Gasteiger charge is -2.27. The molecule has 0 aromatic heterocycles. The first-order chi connectivity index (χ1) is 13.5. The summed E-state index contributed by atoms with van der Waals surface area (Å²) in [4.78, 5) is 24.7. The van der Waals surface area contributed by atoms with E-state index >= 15 is 0 Å². The summed E-state index contributed by atoms with van der Waals surface area (Å²) in [6.07, 6.45) is 2.95. The average molecular weight is 387 g/mol. The predicted octanol–water partition coefficient (Wildman–Crippen LogP) is 3.68. The van der Waals surface area contributed by atoms with Crippen LogP contribution < -0.4 is 5.32 Å². The highest BCUT2D eigenvalue weighted by Gasteiger charge is 2.45. The normalized spacial score (nSPS) is 15.2. The van der Waals surface area contributed by atoms with E-state index in [1.807, 2.05) is 0 Å². The minimum atomic E-state index is -1.03. The molecule has 2 aromatic carbocycles. The van der Waals surface area contributed by atoms with E-state index < -0.39 is 29.7 Å². The first kappa shape index (κ1) is 20.0. The second-order valence-corrected chi connectivity index (χ2v) is 7.04. The van der Waals surface area contributed by atoms with Gasteiger partial charge < -0.3 is 10.1 Å². The highest BCUT2D eigenvalue weighted by molar-refractivity contribution is 5.86. The van der Waals surface area contributed by atoms with Gasteiger partial charge in [0.05, 0.1) is 5.41 Å². The molecule has 0 atom stereocenters. The largest absolute Gasteiger partial charge is 0.455 e. The Morgan fingerprint density at radius 2 is 1.61 bits per heavy atom. The summed E-state index contributed by atoms with van der Waals surface area (Å²) in [5.41, 5.74) is -0.194. The maximum atomic E-state index is 14.3. The smallest absolute Gasteiger partial charge is 0.317 e. The maximum absolute atomic E-state index is 14.3. The maximum Gasteiger partial charge on any atom is 0.317 e. The summed E-state index contributed by atoms with van der Waals surface area (Å²) >= 11 is 0. The van der Waals surface area contributed by atoms with Crippen molar-refractivity contribution in [2.45, 2.75) is 37.5 Å². The molecular weight excluding hydrogens is 364 g/mol. The third kappa shape index (κ3) is 4.38. The molecule has 28 heavy (non-hydrogen) atoms. The zero-order chi connectivity index (χ0) is 20.0. The van der Waals surface area contributed by atoms with E-state index in [2.05, 4.69) is 5.32 Å². The summed E-state index contributed by atoms with van der Waals surface area (Å²) in [6.45, 7) is -0.206. The first-order valence-corrected chi connectivity index (χ1v) is 9.45. The Morgan fingerprint density at radius 1 is 0.964 bits per heavy atom. The van der Waals surface area contributed by atoms with Crippen LogP contribution in [0, 0.1) is 11.6 Å². The van der Waals surface area contributed by atoms with Crippen molar-refractivity contribution in [3.05, 3.63) is 71.3 Å². The highest BCUT2D eigenvalue weighted by atomic mass is 19.1. The number of rotatable bonds is 7. The van der Waals surface area contributed by atoms with Gasteiger partial charge in [0, 0.05) is 12.1 Å². The Kier molecular flexibility index (Phi) is 6.39. The zero-order valence-corrected chi connectivity index (χ0v) is 15.5. The minimum Gasteiger partial charge on any atom is -0.455 e. The van der Waals surface area contributed by atoms with E-state index in [1.165, 1.54) is 12.1 Å². The van der Waals surface area contributed by atoms with Crippen LogP contribution in [0.2, 0.25) is 0 Å².